The Morgan fingerprint density at radius 2 is 1.50 bits per heavy atom. The van der Waals surface area contributed by atoms with E-state index in [0.717, 1.165) is 5.56 Å². The summed E-state index contributed by atoms with van der Waals surface area (Å²) in [5.41, 5.74) is 4.80. The van der Waals surface area contributed by atoms with Crippen molar-refractivity contribution in [1.82, 2.24) is 15.0 Å². The third kappa shape index (κ3) is 4.27. The number of rotatable bonds is 6. The molecule has 0 atom stereocenters. The van der Waals surface area contributed by atoms with E-state index in [9.17, 15) is 17.6 Å². The number of pyridine rings is 1. The fourth-order valence-electron chi connectivity index (χ4n) is 2.31. The molecular formula is C18H16F4N6. The Morgan fingerprint density at radius 1 is 0.857 bits per heavy atom. The Balaban J connectivity index is 1.94. The number of hydrazine groups is 1. The Morgan fingerprint density at radius 3 is 2.11 bits per heavy atom. The third-order valence-electron chi connectivity index (χ3n) is 3.55. The number of anilines is 3. The van der Waals surface area contributed by atoms with Crippen LogP contribution in [0.5, 0.6) is 0 Å². The second-order valence-electron chi connectivity index (χ2n) is 6.09. The number of aromatic nitrogens is 3. The topological polar surface area (TPSA) is 74.8 Å². The predicted molar refractivity (Wildman–Crippen MR) is 97.5 cm³/mol. The summed E-state index contributed by atoms with van der Waals surface area (Å²) in [6.45, 7) is 3.77. The number of halogens is 4. The number of nitrogens with zero attached hydrogens (tertiary/aromatic N) is 3. The predicted octanol–water partition coefficient (Wildman–Crippen LogP) is 4.35. The molecule has 6 nitrogen and oxygen atoms in total. The highest BCUT2D eigenvalue weighted by molar-refractivity contribution is 5.65. The van der Waals surface area contributed by atoms with Crippen molar-refractivity contribution < 1.29 is 17.6 Å². The van der Waals surface area contributed by atoms with Crippen molar-refractivity contribution in [2.45, 2.75) is 19.9 Å². The van der Waals surface area contributed by atoms with E-state index >= 15 is 0 Å². The van der Waals surface area contributed by atoms with Gasteiger partial charge in [0.25, 0.3) is 0 Å². The molecule has 2 aromatic heterocycles. The Labute approximate surface area is 158 Å². The molecular weight excluding hydrogens is 376 g/mol. The summed E-state index contributed by atoms with van der Waals surface area (Å²) in [5, 5.41) is 3.02. The summed E-state index contributed by atoms with van der Waals surface area (Å²) in [6.07, 6.45) is 3.16. The summed E-state index contributed by atoms with van der Waals surface area (Å²) >= 11 is 0. The minimum atomic E-state index is -1.56. The van der Waals surface area contributed by atoms with E-state index in [2.05, 4.69) is 31.1 Å². The minimum absolute atomic E-state index is 0.0145. The zero-order valence-corrected chi connectivity index (χ0v) is 14.9. The number of hydrogen-bond donors (Lipinski definition) is 3. The van der Waals surface area contributed by atoms with Crippen molar-refractivity contribution in [2.24, 2.45) is 0 Å². The van der Waals surface area contributed by atoms with Gasteiger partial charge in [0.05, 0.1) is 5.69 Å². The lowest BCUT2D eigenvalue weighted by atomic mass is 10.2. The molecule has 3 rings (SSSR count). The molecule has 3 aromatic rings. The van der Waals surface area contributed by atoms with E-state index in [4.69, 9.17) is 0 Å². The Hall–Kier alpha value is -3.43. The SMILES string of the molecule is CC(C)Nc1nc(NNc2c(F)c(F)cc(F)c2F)cc(-c2ccncc2)n1. The highest BCUT2D eigenvalue weighted by Gasteiger charge is 2.19. The van der Waals surface area contributed by atoms with Gasteiger partial charge >= 0.3 is 0 Å². The molecule has 2 heterocycles. The van der Waals surface area contributed by atoms with Crippen molar-refractivity contribution in [3.8, 4) is 11.3 Å². The lowest BCUT2D eigenvalue weighted by Gasteiger charge is -2.15. The largest absolute Gasteiger partial charge is 0.352 e. The molecule has 3 N–H and O–H groups in total. The first-order valence-electron chi connectivity index (χ1n) is 8.26. The summed E-state index contributed by atoms with van der Waals surface area (Å²) in [4.78, 5) is 12.5. The van der Waals surface area contributed by atoms with Gasteiger partial charge in [-0.25, -0.2) is 22.5 Å². The van der Waals surface area contributed by atoms with Crippen LogP contribution in [0.2, 0.25) is 0 Å². The molecule has 0 aliphatic rings. The zero-order chi connectivity index (χ0) is 20.3. The van der Waals surface area contributed by atoms with Gasteiger partial charge in [-0.05, 0) is 26.0 Å². The monoisotopic (exact) mass is 392 g/mol. The Kier molecular flexibility index (Phi) is 5.57. The van der Waals surface area contributed by atoms with E-state index < -0.39 is 29.0 Å². The smallest absolute Gasteiger partial charge is 0.225 e. The Bertz CT molecular complexity index is 955. The molecule has 146 valence electrons. The lowest BCUT2D eigenvalue weighted by molar-refractivity contribution is 0.459. The van der Waals surface area contributed by atoms with E-state index in [1.807, 2.05) is 13.8 Å². The fourth-order valence-corrected chi connectivity index (χ4v) is 2.31. The molecule has 10 heteroatoms. The van der Waals surface area contributed by atoms with E-state index in [1.54, 1.807) is 24.5 Å². The van der Waals surface area contributed by atoms with Gasteiger partial charge in [0.2, 0.25) is 5.95 Å². The number of hydrogen-bond acceptors (Lipinski definition) is 6. The maximum atomic E-state index is 13.8. The molecule has 0 fully saturated rings. The van der Waals surface area contributed by atoms with Crippen molar-refractivity contribution >= 4 is 17.5 Å². The van der Waals surface area contributed by atoms with Crippen LogP contribution < -0.4 is 16.2 Å². The van der Waals surface area contributed by atoms with Crippen LogP contribution in [0.15, 0.2) is 36.7 Å². The first kappa shape index (κ1) is 19.3. The second-order valence-corrected chi connectivity index (χ2v) is 6.09. The van der Waals surface area contributed by atoms with Crippen LogP contribution in [0.4, 0.5) is 35.0 Å². The van der Waals surface area contributed by atoms with Crippen LogP contribution in [0, 0.1) is 23.3 Å². The normalized spacial score (nSPS) is 10.8. The third-order valence-corrected chi connectivity index (χ3v) is 3.55. The summed E-state index contributed by atoms with van der Waals surface area (Å²) in [5.74, 6) is -5.80. The van der Waals surface area contributed by atoms with Gasteiger partial charge in [-0.1, -0.05) is 0 Å². The highest BCUT2D eigenvalue weighted by atomic mass is 19.2. The van der Waals surface area contributed by atoms with Crippen LogP contribution in [-0.2, 0) is 0 Å². The van der Waals surface area contributed by atoms with Crippen LogP contribution in [0.3, 0.4) is 0 Å². The lowest BCUT2D eigenvalue weighted by Crippen LogP contribution is -2.17. The first-order chi connectivity index (χ1) is 13.3. The summed E-state index contributed by atoms with van der Waals surface area (Å²) in [7, 11) is 0. The van der Waals surface area contributed by atoms with Crippen LogP contribution in [0.1, 0.15) is 13.8 Å². The minimum Gasteiger partial charge on any atom is -0.352 e. The molecule has 0 saturated heterocycles. The van der Waals surface area contributed by atoms with Crippen molar-refractivity contribution in [3.05, 3.63) is 59.9 Å². The maximum absolute atomic E-state index is 13.8. The second kappa shape index (κ2) is 8.07. The summed E-state index contributed by atoms with van der Waals surface area (Å²) in [6, 6.07) is 5.09. The molecule has 0 unspecified atom stereocenters. The van der Waals surface area contributed by atoms with E-state index in [1.165, 1.54) is 6.07 Å². The van der Waals surface area contributed by atoms with Gasteiger partial charge in [-0.2, -0.15) is 4.98 Å². The zero-order valence-electron chi connectivity index (χ0n) is 14.9. The molecule has 0 radical (unpaired) electrons. The molecule has 0 amide bonds. The van der Waals surface area contributed by atoms with Crippen LogP contribution in [0.25, 0.3) is 11.3 Å². The fraction of sp³-hybridized carbons (Fsp3) is 0.167. The maximum Gasteiger partial charge on any atom is 0.225 e. The molecule has 0 saturated carbocycles. The number of nitrogens with one attached hydrogen (secondary N) is 3. The van der Waals surface area contributed by atoms with Crippen LogP contribution in [-0.4, -0.2) is 21.0 Å². The van der Waals surface area contributed by atoms with Crippen molar-refractivity contribution in [3.63, 3.8) is 0 Å². The van der Waals surface area contributed by atoms with Crippen molar-refractivity contribution in [1.29, 1.82) is 0 Å². The van der Waals surface area contributed by atoms with Gasteiger partial charge in [-0.15, -0.1) is 0 Å². The standard InChI is InChI=1S/C18H16F4N6/c1-9(2)24-18-25-13(10-3-5-23-6-4-10)8-14(26-18)27-28-17-15(21)11(19)7-12(20)16(17)22/h3-9,28H,1-2H3,(H2,24,25,26,27). The van der Waals surface area contributed by atoms with Crippen LogP contribution >= 0.6 is 0 Å². The average Bonchev–Trinajstić information content (AvgIpc) is 2.66. The van der Waals surface area contributed by atoms with Gasteiger partial charge in [0.15, 0.2) is 29.1 Å². The molecule has 0 aliphatic heterocycles. The molecule has 0 aliphatic carbocycles. The molecule has 1 aromatic carbocycles. The van der Waals surface area contributed by atoms with E-state index in [-0.39, 0.29) is 23.9 Å². The van der Waals surface area contributed by atoms with Gasteiger partial charge in [-0.3, -0.25) is 15.8 Å². The molecule has 0 bridgehead atoms. The van der Waals surface area contributed by atoms with Gasteiger partial charge in [0.1, 0.15) is 5.69 Å². The quantitative estimate of drug-likeness (QED) is 0.329. The molecule has 0 spiro atoms. The summed E-state index contributed by atoms with van der Waals surface area (Å²) < 4.78 is 54.3. The first-order valence-corrected chi connectivity index (χ1v) is 8.26. The van der Waals surface area contributed by atoms with Gasteiger partial charge < -0.3 is 5.32 Å². The van der Waals surface area contributed by atoms with Gasteiger partial charge in [0, 0.05) is 36.1 Å². The molecule has 28 heavy (non-hydrogen) atoms. The highest BCUT2D eigenvalue weighted by Crippen LogP contribution is 2.25. The van der Waals surface area contributed by atoms with Crippen molar-refractivity contribution in [2.75, 3.05) is 16.2 Å². The number of benzene rings is 1. The average molecular weight is 392 g/mol. The van der Waals surface area contributed by atoms with E-state index in [0.29, 0.717) is 5.69 Å².